The first-order valence-electron chi connectivity index (χ1n) is 11.6. The molecule has 0 fully saturated rings. The summed E-state index contributed by atoms with van der Waals surface area (Å²) in [5.41, 5.74) is 1.70. The number of nitriles is 2. The van der Waals surface area contributed by atoms with Crippen molar-refractivity contribution in [2.75, 3.05) is 23.1 Å². The summed E-state index contributed by atoms with van der Waals surface area (Å²) in [4.78, 5) is 20.7. The summed E-state index contributed by atoms with van der Waals surface area (Å²) in [5, 5.41) is 20.2. The first-order valence-corrected chi connectivity index (χ1v) is 14.5. The highest BCUT2D eigenvalue weighted by Crippen LogP contribution is 2.20. The normalized spacial score (nSPS) is 11.4. The quantitative estimate of drug-likeness (QED) is 0.351. The lowest BCUT2D eigenvalue weighted by atomic mass is 10.2. The second-order valence-corrected chi connectivity index (χ2v) is 11.9. The summed E-state index contributed by atoms with van der Waals surface area (Å²) in [6.45, 7) is 3.33. The molecule has 1 aromatic heterocycles. The van der Waals surface area contributed by atoms with Gasteiger partial charge in [0.15, 0.2) is 0 Å². The molecule has 0 radical (unpaired) electrons. The molecule has 14 heteroatoms. The Bertz CT molecular complexity index is 1600. The number of aromatic nitrogens is 2. The SMILES string of the molecule is Cc1cc(C)nc(NS(=O)(=O)c2ccc(NC(=O)c3ccc(S(=O)(=O)N(CCC#N)CCC#N)cc3)cc2)n1. The van der Waals surface area contributed by atoms with Gasteiger partial charge in [-0.25, -0.2) is 31.5 Å². The Hall–Kier alpha value is -4.37. The van der Waals surface area contributed by atoms with E-state index < -0.39 is 26.0 Å². The Balaban J connectivity index is 1.70. The summed E-state index contributed by atoms with van der Waals surface area (Å²) in [5.74, 6) is -0.587. The van der Waals surface area contributed by atoms with Crippen LogP contribution in [-0.4, -0.2) is 50.1 Å². The minimum atomic E-state index is -3.97. The molecule has 0 unspecified atom stereocenters. The van der Waals surface area contributed by atoms with Crippen LogP contribution in [0, 0.1) is 36.5 Å². The molecule has 0 aliphatic heterocycles. The number of nitrogens with zero attached hydrogens (tertiary/aromatic N) is 5. The third-order valence-corrected chi connectivity index (χ3v) is 8.59. The maximum absolute atomic E-state index is 12.9. The number of benzene rings is 2. The highest BCUT2D eigenvalue weighted by molar-refractivity contribution is 7.92. The summed E-state index contributed by atoms with van der Waals surface area (Å²) < 4.78 is 54.6. The predicted molar refractivity (Wildman–Crippen MR) is 142 cm³/mol. The van der Waals surface area contributed by atoms with Crippen LogP contribution < -0.4 is 10.0 Å². The molecule has 39 heavy (non-hydrogen) atoms. The van der Waals surface area contributed by atoms with Crippen LogP contribution in [0.15, 0.2) is 64.4 Å². The van der Waals surface area contributed by atoms with E-state index in [1.54, 1.807) is 19.9 Å². The second-order valence-electron chi connectivity index (χ2n) is 8.30. The number of nitrogens with one attached hydrogen (secondary N) is 2. The average molecular weight is 568 g/mol. The fourth-order valence-electron chi connectivity index (χ4n) is 3.50. The number of rotatable bonds is 11. The fourth-order valence-corrected chi connectivity index (χ4v) is 5.89. The monoisotopic (exact) mass is 567 g/mol. The van der Waals surface area contributed by atoms with Gasteiger partial charge in [0, 0.05) is 48.6 Å². The number of aryl methyl sites for hydroxylation is 2. The third-order valence-electron chi connectivity index (χ3n) is 5.33. The van der Waals surface area contributed by atoms with E-state index in [0.29, 0.717) is 17.1 Å². The molecule has 0 spiro atoms. The Labute approximate surface area is 227 Å². The van der Waals surface area contributed by atoms with Crippen molar-refractivity contribution in [3.8, 4) is 12.1 Å². The molecule has 3 rings (SSSR count). The summed E-state index contributed by atoms with van der Waals surface area (Å²) in [7, 11) is -7.93. The van der Waals surface area contributed by atoms with Crippen molar-refractivity contribution in [2.24, 2.45) is 0 Å². The number of carbonyl (C=O) groups excluding carboxylic acids is 1. The van der Waals surface area contributed by atoms with Crippen molar-refractivity contribution < 1.29 is 21.6 Å². The van der Waals surface area contributed by atoms with Gasteiger partial charge in [0.1, 0.15) is 0 Å². The molecule has 2 N–H and O–H groups in total. The summed E-state index contributed by atoms with van der Waals surface area (Å²) in [6.07, 6.45) is -0.0542. The topological polar surface area (TPSA) is 186 Å². The number of hydrogen-bond donors (Lipinski definition) is 2. The van der Waals surface area contributed by atoms with Crippen molar-refractivity contribution >= 4 is 37.6 Å². The molecule has 2 aromatic carbocycles. The van der Waals surface area contributed by atoms with Gasteiger partial charge in [-0.1, -0.05) is 0 Å². The van der Waals surface area contributed by atoms with E-state index in [-0.39, 0.29) is 47.2 Å². The van der Waals surface area contributed by atoms with Crippen LogP contribution in [0.3, 0.4) is 0 Å². The lowest BCUT2D eigenvalue weighted by Crippen LogP contribution is -2.32. The molecular formula is C25H25N7O5S2. The van der Waals surface area contributed by atoms with E-state index in [4.69, 9.17) is 10.5 Å². The van der Waals surface area contributed by atoms with E-state index in [1.165, 1.54) is 48.5 Å². The van der Waals surface area contributed by atoms with Gasteiger partial charge in [-0.3, -0.25) is 4.79 Å². The van der Waals surface area contributed by atoms with Gasteiger partial charge in [0.2, 0.25) is 16.0 Å². The van der Waals surface area contributed by atoms with Crippen molar-refractivity contribution in [1.29, 1.82) is 10.5 Å². The van der Waals surface area contributed by atoms with Crippen LogP contribution in [0.2, 0.25) is 0 Å². The van der Waals surface area contributed by atoms with Crippen molar-refractivity contribution in [1.82, 2.24) is 14.3 Å². The van der Waals surface area contributed by atoms with Crippen LogP contribution in [0.5, 0.6) is 0 Å². The van der Waals surface area contributed by atoms with E-state index in [9.17, 15) is 21.6 Å². The number of carbonyl (C=O) groups is 1. The largest absolute Gasteiger partial charge is 0.322 e. The Morgan fingerprint density at radius 2 is 1.36 bits per heavy atom. The zero-order valence-electron chi connectivity index (χ0n) is 21.1. The highest BCUT2D eigenvalue weighted by atomic mass is 32.2. The molecule has 1 amide bonds. The van der Waals surface area contributed by atoms with Gasteiger partial charge in [-0.15, -0.1) is 0 Å². The summed E-state index contributed by atoms with van der Waals surface area (Å²) >= 11 is 0. The van der Waals surface area contributed by atoms with Crippen molar-refractivity contribution in [2.45, 2.75) is 36.5 Å². The van der Waals surface area contributed by atoms with Crippen LogP contribution in [0.25, 0.3) is 0 Å². The fraction of sp³-hybridized carbons (Fsp3) is 0.240. The number of hydrogen-bond acceptors (Lipinski definition) is 9. The molecule has 0 saturated heterocycles. The van der Waals surface area contributed by atoms with Crippen LogP contribution >= 0.6 is 0 Å². The van der Waals surface area contributed by atoms with Crippen LogP contribution in [0.4, 0.5) is 11.6 Å². The van der Waals surface area contributed by atoms with Crippen LogP contribution in [-0.2, 0) is 20.0 Å². The molecule has 0 aliphatic rings. The molecule has 1 heterocycles. The molecule has 202 valence electrons. The van der Waals surface area contributed by atoms with Gasteiger partial charge < -0.3 is 5.32 Å². The third kappa shape index (κ3) is 7.58. The molecule has 0 aliphatic carbocycles. The first kappa shape index (κ1) is 29.2. The van der Waals surface area contributed by atoms with Gasteiger partial charge in [0.25, 0.3) is 15.9 Å². The van der Waals surface area contributed by atoms with Gasteiger partial charge in [-0.05, 0) is 68.4 Å². The zero-order valence-corrected chi connectivity index (χ0v) is 22.8. The van der Waals surface area contributed by atoms with E-state index in [0.717, 1.165) is 4.31 Å². The maximum Gasteiger partial charge on any atom is 0.264 e. The number of anilines is 2. The minimum Gasteiger partial charge on any atom is -0.322 e. The Morgan fingerprint density at radius 3 is 1.87 bits per heavy atom. The zero-order chi connectivity index (χ0) is 28.6. The summed E-state index contributed by atoms with van der Waals surface area (Å²) in [6, 6.07) is 16.1. The van der Waals surface area contributed by atoms with E-state index in [2.05, 4.69) is 20.0 Å². The molecule has 0 atom stereocenters. The standard InChI is InChI=1S/C25H25N7O5S2/c1-18-17-19(2)29-25(28-18)31-38(34,35)22-11-7-21(8-12-22)30-24(33)20-5-9-23(10-6-20)39(36,37)32(15-3-13-26)16-4-14-27/h5-12,17H,3-4,15-16H2,1-2H3,(H,30,33)(H,28,29,31). The molecule has 0 saturated carbocycles. The van der Waals surface area contributed by atoms with E-state index >= 15 is 0 Å². The smallest absolute Gasteiger partial charge is 0.264 e. The molecule has 12 nitrogen and oxygen atoms in total. The number of amides is 1. The van der Waals surface area contributed by atoms with Crippen LogP contribution in [0.1, 0.15) is 34.6 Å². The predicted octanol–water partition coefficient (Wildman–Crippen LogP) is 2.96. The van der Waals surface area contributed by atoms with Gasteiger partial charge >= 0.3 is 0 Å². The highest BCUT2D eigenvalue weighted by Gasteiger charge is 2.24. The van der Waals surface area contributed by atoms with E-state index in [1.807, 2.05) is 12.1 Å². The molecular weight excluding hydrogens is 542 g/mol. The molecule has 3 aromatic rings. The first-order chi connectivity index (χ1) is 18.5. The second kappa shape index (κ2) is 12.4. The Morgan fingerprint density at radius 1 is 0.846 bits per heavy atom. The maximum atomic E-state index is 12.9. The van der Waals surface area contributed by atoms with Gasteiger partial charge in [0.05, 0.1) is 21.9 Å². The van der Waals surface area contributed by atoms with Crippen molar-refractivity contribution in [3.05, 3.63) is 71.5 Å². The van der Waals surface area contributed by atoms with Crippen molar-refractivity contribution in [3.63, 3.8) is 0 Å². The Kier molecular flexibility index (Phi) is 9.32. The molecule has 0 bridgehead atoms. The minimum absolute atomic E-state index is 0.0271. The lowest BCUT2D eigenvalue weighted by Gasteiger charge is -2.20. The van der Waals surface area contributed by atoms with Gasteiger partial charge in [-0.2, -0.15) is 14.8 Å². The lowest BCUT2D eigenvalue weighted by molar-refractivity contribution is 0.102. The average Bonchev–Trinajstić information content (AvgIpc) is 2.88. The number of sulfonamides is 2.